The van der Waals surface area contributed by atoms with E-state index in [9.17, 15) is 0 Å². The molecule has 0 amide bonds. The van der Waals surface area contributed by atoms with E-state index in [1.165, 1.54) is 5.56 Å². The van der Waals surface area contributed by atoms with Crippen molar-refractivity contribution in [2.75, 3.05) is 26.2 Å². The fourth-order valence-corrected chi connectivity index (χ4v) is 3.34. The van der Waals surface area contributed by atoms with Gasteiger partial charge in [-0.2, -0.15) is 0 Å². The van der Waals surface area contributed by atoms with Crippen LogP contribution in [0.4, 0.5) is 0 Å². The molecule has 2 nitrogen and oxygen atoms in total. The molecule has 0 aromatic heterocycles. The van der Waals surface area contributed by atoms with Gasteiger partial charge in [-0.25, -0.2) is 0 Å². The summed E-state index contributed by atoms with van der Waals surface area (Å²) >= 11 is 9.63. The maximum absolute atomic E-state index is 6.01. The lowest BCUT2D eigenvalue weighted by Gasteiger charge is -2.35. The predicted molar refractivity (Wildman–Crippen MR) is 81.1 cm³/mol. The molecule has 1 fully saturated rings. The number of hydrogen-bond acceptors (Lipinski definition) is 2. The lowest BCUT2D eigenvalue weighted by Crippen LogP contribution is -2.45. The number of hydrogen-bond donors (Lipinski definition) is 1. The van der Waals surface area contributed by atoms with E-state index in [4.69, 9.17) is 11.6 Å². The van der Waals surface area contributed by atoms with Crippen molar-refractivity contribution in [2.24, 2.45) is 0 Å². The lowest BCUT2D eigenvalue weighted by molar-refractivity contribution is 0.174. The average Bonchev–Trinajstić information content (AvgIpc) is 2.38. The molecule has 98 valence electrons. The quantitative estimate of drug-likeness (QED) is 0.849. The van der Waals surface area contributed by atoms with Gasteiger partial charge in [-0.3, -0.25) is 4.90 Å². The van der Waals surface area contributed by atoms with E-state index >= 15 is 0 Å². The Morgan fingerprint density at radius 1 is 1.44 bits per heavy atom. The maximum Gasteiger partial charge on any atom is 0.0417 e. The molecule has 0 spiro atoms. The third-order valence-electron chi connectivity index (χ3n) is 3.30. The van der Waals surface area contributed by atoms with Crippen LogP contribution in [-0.2, 0) is 0 Å². The number of benzene rings is 1. The summed E-state index contributed by atoms with van der Waals surface area (Å²) < 4.78 is 1.08. The summed E-state index contributed by atoms with van der Waals surface area (Å²) in [6.45, 7) is 8.15. The normalized spacial score (nSPS) is 18.6. The van der Waals surface area contributed by atoms with Gasteiger partial charge in [-0.1, -0.05) is 39.7 Å². The minimum Gasteiger partial charge on any atom is -0.314 e. The van der Waals surface area contributed by atoms with E-state index in [0.717, 1.165) is 42.1 Å². The number of rotatable bonds is 4. The zero-order valence-corrected chi connectivity index (χ0v) is 12.7. The highest BCUT2D eigenvalue weighted by Gasteiger charge is 2.22. The summed E-state index contributed by atoms with van der Waals surface area (Å²) in [6, 6.07) is 6.42. The van der Waals surface area contributed by atoms with Crippen molar-refractivity contribution in [1.82, 2.24) is 10.2 Å². The first kappa shape index (κ1) is 14.1. The summed E-state index contributed by atoms with van der Waals surface area (Å²) in [5.74, 6) is 0. The largest absolute Gasteiger partial charge is 0.314 e. The highest BCUT2D eigenvalue weighted by atomic mass is 79.9. The Kier molecular flexibility index (Phi) is 5.25. The van der Waals surface area contributed by atoms with E-state index in [1.807, 2.05) is 18.2 Å². The summed E-state index contributed by atoms with van der Waals surface area (Å²) in [5.41, 5.74) is 1.29. The number of piperazine rings is 1. The average molecular weight is 330 g/mol. The number of nitrogens with one attached hydrogen (secondary N) is 1. The van der Waals surface area contributed by atoms with E-state index < -0.39 is 0 Å². The highest BCUT2D eigenvalue weighted by Crippen LogP contribution is 2.32. The Morgan fingerprint density at radius 3 is 2.78 bits per heavy atom. The number of halogens is 2. The molecule has 1 heterocycles. The van der Waals surface area contributed by atoms with Crippen LogP contribution in [0.1, 0.15) is 18.0 Å². The van der Waals surface area contributed by atoms with Crippen LogP contribution < -0.4 is 5.32 Å². The van der Waals surface area contributed by atoms with Crippen LogP contribution in [0.5, 0.6) is 0 Å². The number of nitrogens with zero attached hydrogens (tertiary/aromatic N) is 1. The molecule has 1 aromatic rings. The van der Waals surface area contributed by atoms with E-state index in [0.29, 0.717) is 6.04 Å². The predicted octanol–water partition coefficient (Wildman–Crippen LogP) is 3.62. The summed E-state index contributed by atoms with van der Waals surface area (Å²) in [7, 11) is 0. The van der Waals surface area contributed by atoms with Crippen LogP contribution in [0.2, 0.25) is 5.02 Å². The fraction of sp³-hybridized carbons (Fsp3) is 0.429. The van der Waals surface area contributed by atoms with Crippen LogP contribution in [0.25, 0.3) is 0 Å². The Hall–Kier alpha value is -0.350. The SMILES string of the molecule is C=CC[C@H](c1ccc(Cl)cc1Br)N1CCNCC1. The topological polar surface area (TPSA) is 15.3 Å². The van der Waals surface area contributed by atoms with E-state index in [1.54, 1.807) is 0 Å². The molecule has 1 aromatic carbocycles. The molecule has 2 rings (SSSR count). The van der Waals surface area contributed by atoms with Crippen LogP contribution in [0.3, 0.4) is 0 Å². The second kappa shape index (κ2) is 6.71. The highest BCUT2D eigenvalue weighted by molar-refractivity contribution is 9.10. The summed E-state index contributed by atoms with van der Waals surface area (Å²) in [5, 5.41) is 4.15. The third kappa shape index (κ3) is 3.35. The van der Waals surface area contributed by atoms with Gasteiger partial charge >= 0.3 is 0 Å². The first-order valence-electron chi connectivity index (χ1n) is 6.23. The van der Waals surface area contributed by atoms with Gasteiger partial charge in [0.05, 0.1) is 0 Å². The van der Waals surface area contributed by atoms with Crippen molar-refractivity contribution < 1.29 is 0 Å². The fourth-order valence-electron chi connectivity index (χ4n) is 2.40. The van der Waals surface area contributed by atoms with Crippen LogP contribution >= 0.6 is 27.5 Å². The second-order valence-electron chi connectivity index (χ2n) is 4.49. The molecule has 1 aliphatic rings. The Balaban J connectivity index is 2.24. The molecular formula is C14H18BrClN2. The first-order chi connectivity index (χ1) is 8.72. The van der Waals surface area contributed by atoms with Gasteiger partial charge in [-0.15, -0.1) is 6.58 Å². The van der Waals surface area contributed by atoms with E-state index in [2.05, 4.69) is 38.8 Å². The van der Waals surface area contributed by atoms with Gasteiger partial charge in [-0.05, 0) is 24.1 Å². The smallest absolute Gasteiger partial charge is 0.0417 e. The molecule has 1 aliphatic heterocycles. The molecular weight excluding hydrogens is 312 g/mol. The van der Waals surface area contributed by atoms with Crippen molar-refractivity contribution in [3.63, 3.8) is 0 Å². The maximum atomic E-state index is 6.01. The van der Waals surface area contributed by atoms with Gasteiger partial charge in [0.15, 0.2) is 0 Å². The Labute approximate surface area is 122 Å². The molecule has 0 radical (unpaired) electrons. The second-order valence-corrected chi connectivity index (χ2v) is 5.78. The summed E-state index contributed by atoms with van der Waals surface area (Å²) in [6.07, 6.45) is 2.95. The van der Waals surface area contributed by atoms with Gasteiger partial charge in [0.1, 0.15) is 0 Å². The molecule has 0 saturated carbocycles. The molecule has 0 unspecified atom stereocenters. The van der Waals surface area contributed by atoms with Crippen LogP contribution in [0, 0.1) is 0 Å². The zero-order valence-electron chi connectivity index (χ0n) is 10.3. The van der Waals surface area contributed by atoms with Crippen molar-refractivity contribution in [1.29, 1.82) is 0 Å². The van der Waals surface area contributed by atoms with Crippen molar-refractivity contribution in [2.45, 2.75) is 12.5 Å². The Bertz CT molecular complexity index is 416. The molecule has 18 heavy (non-hydrogen) atoms. The molecule has 0 aliphatic carbocycles. The molecule has 1 saturated heterocycles. The van der Waals surface area contributed by atoms with Crippen LogP contribution in [0.15, 0.2) is 35.3 Å². The minimum absolute atomic E-state index is 0.385. The van der Waals surface area contributed by atoms with Gasteiger partial charge in [0.2, 0.25) is 0 Å². The van der Waals surface area contributed by atoms with Gasteiger partial charge in [0, 0.05) is 41.7 Å². The van der Waals surface area contributed by atoms with Gasteiger partial charge in [0.25, 0.3) is 0 Å². The lowest BCUT2D eigenvalue weighted by atomic mass is 10.0. The standard InChI is InChI=1S/C14H18BrClN2/c1-2-3-14(18-8-6-17-7-9-18)12-5-4-11(16)10-13(12)15/h2,4-5,10,14,17H,1,3,6-9H2/t14-/m1/s1. The molecule has 1 N–H and O–H groups in total. The zero-order chi connectivity index (χ0) is 13.0. The molecule has 1 atom stereocenters. The Morgan fingerprint density at radius 2 is 2.17 bits per heavy atom. The van der Waals surface area contributed by atoms with Crippen LogP contribution in [-0.4, -0.2) is 31.1 Å². The van der Waals surface area contributed by atoms with Gasteiger partial charge < -0.3 is 5.32 Å². The van der Waals surface area contributed by atoms with Crippen molar-refractivity contribution in [3.05, 3.63) is 45.9 Å². The summed E-state index contributed by atoms with van der Waals surface area (Å²) in [4.78, 5) is 2.51. The monoisotopic (exact) mass is 328 g/mol. The van der Waals surface area contributed by atoms with Crippen molar-refractivity contribution in [3.8, 4) is 0 Å². The van der Waals surface area contributed by atoms with Crippen molar-refractivity contribution >= 4 is 27.5 Å². The molecule has 0 bridgehead atoms. The first-order valence-corrected chi connectivity index (χ1v) is 7.40. The van der Waals surface area contributed by atoms with E-state index in [-0.39, 0.29) is 0 Å². The molecule has 4 heteroatoms. The third-order valence-corrected chi connectivity index (χ3v) is 4.23. The minimum atomic E-state index is 0.385.